The Hall–Kier alpha value is -2.85. The maximum absolute atomic E-state index is 13.1. The molecule has 0 unspecified atom stereocenters. The van der Waals surface area contributed by atoms with Crippen molar-refractivity contribution in [1.29, 1.82) is 0 Å². The largest absolute Gasteiger partial charge is 0.337 e. The van der Waals surface area contributed by atoms with Gasteiger partial charge in [-0.2, -0.15) is 4.31 Å². The van der Waals surface area contributed by atoms with E-state index in [1.54, 1.807) is 0 Å². The molecule has 8 nitrogen and oxygen atoms in total. The van der Waals surface area contributed by atoms with Crippen LogP contribution in [0.5, 0.6) is 0 Å². The summed E-state index contributed by atoms with van der Waals surface area (Å²) in [7, 11) is -3.80. The summed E-state index contributed by atoms with van der Waals surface area (Å²) in [5.74, 6) is -0.892. The Morgan fingerprint density at radius 3 is 2.41 bits per heavy atom. The molecule has 0 N–H and O–H groups in total. The van der Waals surface area contributed by atoms with Crippen LogP contribution in [-0.2, 0) is 10.0 Å². The SMILES string of the molecule is Cc1c(C(=O)N2CCCN(S(=O)(=O)c3ccc(F)cc3)CC2)cccc1[N+](=O)[O-]. The Labute approximate surface area is 167 Å². The smallest absolute Gasteiger partial charge is 0.273 e. The maximum atomic E-state index is 13.1. The molecule has 1 saturated heterocycles. The van der Waals surface area contributed by atoms with Crippen LogP contribution in [-0.4, -0.2) is 54.6 Å². The molecule has 0 aromatic heterocycles. The van der Waals surface area contributed by atoms with Crippen LogP contribution in [0.15, 0.2) is 47.4 Å². The van der Waals surface area contributed by atoms with E-state index in [0.29, 0.717) is 13.0 Å². The lowest BCUT2D eigenvalue weighted by molar-refractivity contribution is -0.385. The van der Waals surface area contributed by atoms with E-state index in [0.717, 1.165) is 12.1 Å². The first kappa shape index (κ1) is 20.9. The summed E-state index contributed by atoms with van der Waals surface area (Å²) in [6, 6.07) is 8.93. The second kappa shape index (κ2) is 8.26. The number of nitrogens with zero attached hydrogens (tertiary/aromatic N) is 3. The van der Waals surface area contributed by atoms with Gasteiger partial charge in [0, 0.05) is 43.4 Å². The minimum Gasteiger partial charge on any atom is -0.337 e. The molecule has 0 atom stereocenters. The fourth-order valence-electron chi connectivity index (χ4n) is 3.32. The Morgan fingerprint density at radius 1 is 1.07 bits per heavy atom. The average Bonchev–Trinajstić information content (AvgIpc) is 2.94. The molecule has 29 heavy (non-hydrogen) atoms. The van der Waals surface area contributed by atoms with E-state index >= 15 is 0 Å². The molecule has 1 heterocycles. The highest BCUT2D eigenvalue weighted by Crippen LogP contribution is 2.24. The van der Waals surface area contributed by atoms with Gasteiger partial charge in [0.15, 0.2) is 0 Å². The third-order valence-corrected chi connectivity index (χ3v) is 6.84. The molecule has 0 saturated carbocycles. The maximum Gasteiger partial charge on any atom is 0.273 e. The van der Waals surface area contributed by atoms with Crippen LogP contribution in [0.25, 0.3) is 0 Å². The van der Waals surface area contributed by atoms with Crippen molar-refractivity contribution in [2.75, 3.05) is 26.2 Å². The minimum atomic E-state index is -3.80. The number of carbonyl (C=O) groups is 1. The fraction of sp³-hybridized carbons (Fsp3) is 0.316. The Balaban J connectivity index is 1.78. The minimum absolute atomic E-state index is 0.00629. The summed E-state index contributed by atoms with van der Waals surface area (Å²) in [6.07, 6.45) is 0.417. The quantitative estimate of drug-likeness (QED) is 0.558. The predicted molar refractivity (Wildman–Crippen MR) is 104 cm³/mol. The van der Waals surface area contributed by atoms with Crippen molar-refractivity contribution in [1.82, 2.24) is 9.21 Å². The number of sulfonamides is 1. The Morgan fingerprint density at radius 2 is 1.76 bits per heavy atom. The van der Waals surface area contributed by atoms with Gasteiger partial charge in [0.05, 0.1) is 9.82 Å². The number of rotatable bonds is 4. The number of nitro groups is 1. The van der Waals surface area contributed by atoms with E-state index < -0.39 is 20.8 Å². The summed E-state index contributed by atoms with van der Waals surface area (Å²) in [5.41, 5.74) is 0.378. The summed E-state index contributed by atoms with van der Waals surface area (Å²) < 4.78 is 40.0. The van der Waals surface area contributed by atoms with Gasteiger partial charge < -0.3 is 4.90 Å². The van der Waals surface area contributed by atoms with Gasteiger partial charge in [-0.05, 0) is 43.7 Å². The third kappa shape index (κ3) is 4.28. The fourth-order valence-corrected chi connectivity index (χ4v) is 4.79. The van der Waals surface area contributed by atoms with Crippen LogP contribution >= 0.6 is 0 Å². The van der Waals surface area contributed by atoms with Gasteiger partial charge >= 0.3 is 0 Å². The van der Waals surface area contributed by atoms with E-state index in [-0.39, 0.29) is 47.3 Å². The van der Waals surface area contributed by atoms with Gasteiger partial charge in [-0.25, -0.2) is 12.8 Å². The zero-order valence-corrected chi connectivity index (χ0v) is 16.6. The second-order valence-corrected chi connectivity index (χ2v) is 8.65. The molecule has 10 heteroatoms. The van der Waals surface area contributed by atoms with E-state index in [1.165, 1.54) is 46.5 Å². The van der Waals surface area contributed by atoms with Crippen LogP contribution in [0.2, 0.25) is 0 Å². The molecular weight excluding hydrogens is 401 g/mol. The number of nitro benzene ring substituents is 1. The number of carbonyl (C=O) groups excluding carboxylic acids is 1. The van der Waals surface area contributed by atoms with Crippen molar-refractivity contribution in [3.05, 3.63) is 69.5 Å². The third-order valence-electron chi connectivity index (χ3n) is 4.93. The molecule has 0 aliphatic carbocycles. The Bertz CT molecular complexity index is 1040. The number of halogens is 1. The van der Waals surface area contributed by atoms with Crippen molar-refractivity contribution in [2.24, 2.45) is 0 Å². The predicted octanol–water partition coefficient (Wildman–Crippen LogP) is 2.58. The first-order valence-corrected chi connectivity index (χ1v) is 10.4. The highest BCUT2D eigenvalue weighted by Gasteiger charge is 2.29. The molecule has 0 spiro atoms. The number of amides is 1. The number of benzene rings is 2. The molecule has 1 amide bonds. The Kier molecular flexibility index (Phi) is 5.94. The van der Waals surface area contributed by atoms with E-state index in [4.69, 9.17) is 0 Å². The van der Waals surface area contributed by atoms with Crippen molar-refractivity contribution in [2.45, 2.75) is 18.2 Å². The molecule has 1 aliphatic heterocycles. The molecule has 3 rings (SSSR count). The molecule has 0 radical (unpaired) electrons. The van der Waals surface area contributed by atoms with E-state index in [1.807, 2.05) is 0 Å². The first-order valence-electron chi connectivity index (χ1n) is 9.01. The zero-order valence-electron chi connectivity index (χ0n) is 15.7. The topological polar surface area (TPSA) is 101 Å². The molecule has 154 valence electrons. The van der Waals surface area contributed by atoms with Crippen LogP contribution in [0, 0.1) is 22.9 Å². The lowest BCUT2D eigenvalue weighted by Crippen LogP contribution is -2.37. The number of hydrogen-bond donors (Lipinski definition) is 0. The second-order valence-electron chi connectivity index (χ2n) is 6.71. The van der Waals surface area contributed by atoms with Crippen molar-refractivity contribution in [3.8, 4) is 0 Å². The van der Waals surface area contributed by atoms with Crippen LogP contribution in [0.1, 0.15) is 22.3 Å². The standard InChI is InChI=1S/C19H20FN3O5S/c1-14-17(4-2-5-18(14)23(25)26)19(24)21-10-3-11-22(13-12-21)29(27,28)16-8-6-15(20)7-9-16/h2,4-9H,3,10-13H2,1H3. The summed E-state index contributed by atoms with van der Waals surface area (Å²) in [6.45, 7) is 2.31. The summed E-state index contributed by atoms with van der Waals surface area (Å²) in [5, 5.41) is 11.1. The van der Waals surface area contributed by atoms with Crippen molar-refractivity contribution < 1.29 is 22.5 Å². The molecule has 2 aromatic rings. The van der Waals surface area contributed by atoms with Gasteiger partial charge in [0.1, 0.15) is 5.82 Å². The van der Waals surface area contributed by atoms with Gasteiger partial charge in [-0.15, -0.1) is 0 Å². The van der Waals surface area contributed by atoms with Crippen LogP contribution in [0.4, 0.5) is 10.1 Å². The van der Waals surface area contributed by atoms with E-state index in [2.05, 4.69) is 0 Å². The van der Waals surface area contributed by atoms with Gasteiger partial charge in [-0.1, -0.05) is 6.07 Å². The molecule has 2 aromatic carbocycles. The summed E-state index contributed by atoms with van der Waals surface area (Å²) in [4.78, 5) is 25.0. The first-order chi connectivity index (χ1) is 13.7. The highest BCUT2D eigenvalue weighted by molar-refractivity contribution is 7.89. The number of hydrogen-bond acceptors (Lipinski definition) is 5. The molecule has 1 aliphatic rings. The van der Waals surface area contributed by atoms with Gasteiger partial charge in [-0.3, -0.25) is 14.9 Å². The van der Waals surface area contributed by atoms with Crippen molar-refractivity contribution in [3.63, 3.8) is 0 Å². The van der Waals surface area contributed by atoms with Gasteiger partial charge in [0.25, 0.3) is 11.6 Å². The van der Waals surface area contributed by atoms with Gasteiger partial charge in [0.2, 0.25) is 10.0 Å². The highest BCUT2D eigenvalue weighted by atomic mass is 32.2. The molecule has 1 fully saturated rings. The monoisotopic (exact) mass is 421 g/mol. The normalized spacial score (nSPS) is 15.7. The van der Waals surface area contributed by atoms with E-state index in [9.17, 15) is 27.7 Å². The van der Waals surface area contributed by atoms with Crippen LogP contribution in [0.3, 0.4) is 0 Å². The van der Waals surface area contributed by atoms with Crippen molar-refractivity contribution >= 4 is 21.6 Å². The molecule has 0 bridgehead atoms. The molecular formula is C19H20FN3O5S. The van der Waals surface area contributed by atoms with Crippen LogP contribution < -0.4 is 0 Å². The lowest BCUT2D eigenvalue weighted by Gasteiger charge is -2.22. The average molecular weight is 421 g/mol. The summed E-state index contributed by atoms with van der Waals surface area (Å²) >= 11 is 0. The lowest BCUT2D eigenvalue weighted by atomic mass is 10.1. The zero-order chi connectivity index (χ0) is 21.2.